The third kappa shape index (κ3) is 3.44. The van der Waals surface area contributed by atoms with Gasteiger partial charge < -0.3 is 10.4 Å². The van der Waals surface area contributed by atoms with Crippen LogP contribution in [0.5, 0.6) is 0 Å². The first-order valence-electron chi connectivity index (χ1n) is 6.17. The van der Waals surface area contributed by atoms with Gasteiger partial charge in [0.05, 0.1) is 11.8 Å². The standard InChI is InChI=1S/C12H15N5O3/c1-2-4-16-7-9(6-13-16)12(20)14-10-3-5-17(15-10)8-11(18)19/h3,5-7H,2,4,8H2,1H3,(H,18,19)(H,14,15,20). The van der Waals surface area contributed by atoms with Crippen molar-refractivity contribution in [3.63, 3.8) is 0 Å². The molecule has 2 rings (SSSR count). The van der Waals surface area contributed by atoms with Gasteiger partial charge in [-0.1, -0.05) is 6.92 Å². The average molecular weight is 277 g/mol. The number of carbonyl (C=O) groups is 2. The highest BCUT2D eigenvalue weighted by molar-refractivity contribution is 6.03. The molecule has 2 heterocycles. The van der Waals surface area contributed by atoms with Crippen molar-refractivity contribution in [3.8, 4) is 0 Å². The summed E-state index contributed by atoms with van der Waals surface area (Å²) in [6.07, 6.45) is 5.57. The molecule has 2 N–H and O–H groups in total. The molecule has 0 saturated carbocycles. The minimum absolute atomic E-state index is 0.246. The summed E-state index contributed by atoms with van der Waals surface area (Å²) in [7, 11) is 0. The molecule has 106 valence electrons. The molecule has 2 aromatic heterocycles. The Bertz CT molecular complexity index is 616. The van der Waals surface area contributed by atoms with E-state index in [2.05, 4.69) is 15.5 Å². The van der Waals surface area contributed by atoms with Crippen LogP contribution in [-0.4, -0.2) is 36.5 Å². The lowest BCUT2D eigenvalue weighted by Gasteiger charge is -1.99. The SMILES string of the molecule is CCCn1cc(C(=O)Nc2ccn(CC(=O)O)n2)cn1. The van der Waals surface area contributed by atoms with E-state index < -0.39 is 5.97 Å². The molecular weight excluding hydrogens is 262 g/mol. The number of carbonyl (C=O) groups excluding carboxylic acids is 1. The number of nitrogens with zero attached hydrogens (tertiary/aromatic N) is 4. The minimum Gasteiger partial charge on any atom is -0.480 e. The summed E-state index contributed by atoms with van der Waals surface area (Å²) in [6, 6.07) is 1.54. The van der Waals surface area contributed by atoms with Crippen LogP contribution in [0.3, 0.4) is 0 Å². The normalized spacial score (nSPS) is 10.4. The number of aromatic nitrogens is 4. The maximum absolute atomic E-state index is 11.9. The molecular formula is C12H15N5O3. The van der Waals surface area contributed by atoms with Gasteiger partial charge in [0.1, 0.15) is 6.54 Å². The highest BCUT2D eigenvalue weighted by atomic mass is 16.4. The Kier molecular flexibility index (Phi) is 4.14. The molecule has 0 aromatic carbocycles. The van der Waals surface area contributed by atoms with E-state index in [0.29, 0.717) is 11.4 Å². The van der Waals surface area contributed by atoms with E-state index >= 15 is 0 Å². The number of anilines is 1. The van der Waals surface area contributed by atoms with Crippen LogP contribution in [-0.2, 0) is 17.9 Å². The van der Waals surface area contributed by atoms with Crippen molar-refractivity contribution in [3.05, 3.63) is 30.2 Å². The van der Waals surface area contributed by atoms with Crippen molar-refractivity contribution in [1.29, 1.82) is 0 Å². The molecule has 8 nitrogen and oxygen atoms in total. The van der Waals surface area contributed by atoms with Crippen molar-refractivity contribution in [2.75, 3.05) is 5.32 Å². The lowest BCUT2D eigenvalue weighted by Crippen LogP contribution is -2.13. The first-order chi connectivity index (χ1) is 9.58. The van der Waals surface area contributed by atoms with E-state index in [9.17, 15) is 9.59 Å². The van der Waals surface area contributed by atoms with E-state index in [0.717, 1.165) is 13.0 Å². The molecule has 1 amide bonds. The molecule has 0 aliphatic carbocycles. The van der Waals surface area contributed by atoms with Gasteiger partial charge in [-0.15, -0.1) is 0 Å². The second-order valence-electron chi connectivity index (χ2n) is 4.24. The molecule has 0 radical (unpaired) electrons. The highest BCUT2D eigenvalue weighted by Gasteiger charge is 2.11. The van der Waals surface area contributed by atoms with Crippen LogP contribution in [0.4, 0.5) is 5.82 Å². The predicted octanol–water partition coefficient (Wildman–Crippen LogP) is 0.827. The van der Waals surface area contributed by atoms with Gasteiger partial charge in [0.25, 0.3) is 5.91 Å². The van der Waals surface area contributed by atoms with Crippen LogP contribution >= 0.6 is 0 Å². The van der Waals surface area contributed by atoms with Gasteiger partial charge in [-0.25, -0.2) is 0 Å². The zero-order valence-corrected chi connectivity index (χ0v) is 11.0. The van der Waals surface area contributed by atoms with Crippen molar-refractivity contribution in [2.24, 2.45) is 0 Å². The summed E-state index contributed by atoms with van der Waals surface area (Å²) < 4.78 is 2.93. The Labute approximate surface area is 115 Å². The largest absolute Gasteiger partial charge is 0.480 e. The third-order valence-corrected chi connectivity index (χ3v) is 2.53. The predicted molar refractivity (Wildman–Crippen MR) is 70.3 cm³/mol. The first-order valence-corrected chi connectivity index (χ1v) is 6.17. The monoisotopic (exact) mass is 277 g/mol. The van der Waals surface area contributed by atoms with Gasteiger partial charge in [-0.05, 0) is 6.42 Å². The number of carboxylic acids is 1. The molecule has 0 atom stereocenters. The van der Waals surface area contributed by atoms with Crippen LogP contribution in [0.25, 0.3) is 0 Å². The molecule has 2 aromatic rings. The van der Waals surface area contributed by atoms with Gasteiger partial charge in [-0.3, -0.25) is 19.0 Å². The van der Waals surface area contributed by atoms with Crippen LogP contribution in [0.15, 0.2) is 24.7 Å². The summed E-state index contributed by atoms with van der Waals surface area (Å²) in [5.41, 5.74) is 0.436. The molecule has 8 heteroatoms. The quantitative estimate of drug-likeness (QED) is 0.814. The number of amides is 1. The van der Waals surface area contributed by atoms with E-state index in [1.54, 1.807) is 10.9 Å². The van der Waals surface area contributed by atoms with Crippen molar-refractivity contribution in [2.45, 2.75) is 26.4 Å². The van der Waals surface area contributed by atoms with E-state index in [-0.39, 0.29) is 12.5 Å². The molecule has 20 heavy (non-hydrogen) atoms. The average Bonchev–Trinajstić information content (AvgIpc) is 2.99. The van der Waals surface area contributed by atoms with Gasteiger partial charge in [0, 0.05) is 25.0 Å². The van der Waals surface area contributed by atoms with E-state index in [1.165, 1.54) is 23.1 Å². The number of carboxylic acid groups (broad SMARTS) is 1. The smallest absolute Gasteiger partial charge is 0.325 e. The number of aliphatic carboxylic acids is 1. The maximum atomic E-state index is 11.9. The number of nitrogens with one attached hydrogen (secondary N) is 1. The zero-order valence-electron chi connectivity index (χ0n) is 11.0. The van der Waals surface area contributed by atoms with Crippen LogP contribution in [0.1, 0.15) is 23.7 Å². The topological polar surface area (TPSA) is 102 Å². The Morgan fingerprint density at radius 1 is 1.40 bits per heavy atom. The van der Waals surface area contributed by atoms with E-state index in [4.69, 9.17) is 5.11 Å². The molecule has 0 saturated heterocycles. The van der Waals surface area contributed by atoms with Gasteiger partial charge in [-0.2, -0.15) is 10.2 Å². The summed E-state index contributed by atoms with van der Waals surface area (Å²) in [4.78, 5) is 22.5. The van der Waals surface area contributed by atoms with Gasteiger partial charge >= 0.3 is 5.97 Å². The number of hydrogen-bond acceptors (Lipinski definition) is 4. The summed E-state index contributed by atoms with van der Waals surface area (Å²) in [5, 5.41) is 19.2. The Morgan fingerprint density at radius 2 is 2.20 bits per heavy atom. The van der Waals surface area contributed by atoms with Crippen LogP contribution < -0.4 is 5.32 Å². The fourth-order valence-electron chi connectivity index (χ4n) is 1.68. The van der Waals surface area contributed by atoms with Crippen LogP contribution in [0, 0.1) is 0 Å². The summed E-state index contributed by atoms with van der Waals surface area (Å²) in [5.74, 6) is -1.01. The number of hydrogen-bond donors (Lipinski definition) is 2. The Hall–Kier alpha value is -2.64. The number of aryl methyl sites for hydroxylation is 1. The van der Waals surface area contributed by atoms with Crippen molar-refractivity contribution < 1.29 is 14.7 Å². The summed E-state index contributed by atoms with van der Waals surface area (Å²) >= 11 is 0. The van der Waals surface area contributed by atoms with Crippen molar-refractivity contribution in [1.82, 2.24) is 19.6 Å². The van der Waals surface area contributed by atoms with Gasteiger partial charge in [0.15, 0.2) is 5.82 Å². The second kappa shape index (κ2) is 6.00. The fourth-order valence-corrected chi connectivity index (χ4v) is 1.68. The number of rotatable bonds is 6. The molecule has 0 aliphatic rings. The summed E-state index contributed by atoms with van der Waals surface area (Å²) in [6.45, 7) is 2.53. The fraction of sp³-hybridized carbons (Fsp3) is 0.333. The maximum Gasteiger partial charge on any atom is 0.325 e. The molecule has 0 aliphatic heterocycles. The Morgan fingerprint density at radius 3 is 2.90 bits per heavy atom. The molecule has 0 spiro atoms. The molecule has 0 bridgehead atoms. The third-order valence-electron chi connectivity index (χ3n) is 2.53. The van der Waals surface area contributed by atoms with E-state index in [1.807, 2.05) is 6.92 Å². The molecule has 0 fully saturated rings. The molecule has 0 unspecified atom stereocenters. The minimum atomic E-state index is -0.994. The highest BCUT2D eigenvalue weighted by Crippen LogP contribution is 2.06. The van der Waals surface area contributed by atoms with Crippen molar-refractivity contribution >= 4 is 17.7 Å². The Balaban J connectivity index is 1.99. The lowest BCUT2D eigenvalue weighted by atomic mass is 10.3. The lowest BCUT2D eigenvalue weighted by molar-refractivity contribution is -0.137. The van der Waals surface area contributed by atoms with Gasteiger partial charge in [0.2, 0.25) is 0 Å². The second-order valence-corrected chi connectivity index (χ2v) is 4.24. The van der Waals surface area contributed by atoms with Crippen LogP contribution in [0.2, 0.25) is 0 Å². The zero-order chi connectivity index (χ0) is 14.5. The first kappa shape index (κ1) is 13.8.